The van der Waals surface area contributed by atoms with Gasteiger partial charge in [-0.05, 0) is 0 Å². The molecule has 0 aliphatic carbocycles. The van der Waals surface area contributed by atoms with E-state index >= 15 is 0 Å². The lowest BCUT2D eigenvalue weighted by atomic mass is 10.0. The molecule has 1 aliphatic heterocycles. The molecular weight excluding hydrogens is 300 g/mol. The van der Waals surface area contributed by atoms with E-state index in [4.69, 9.17) is 4.74 Å². The summed E-state index contributed by atoms with van der Waals surface area (Å²) < 4.78 is 7.25. The van der Waals surface area contributed by atoms with Crippen LogP contribution in [0.2, 0.25) is 0 Å². The minimum atomic E-state index is -0.387. The van der Waals surface area contributed by atoms with Crippen LogP contribution in [0, 0.1) is 0 Å². The molecule has 1 unspecified atom stereocenters. The smallest absolute Gasteiger partial charge is 0.212 e. The van der Waals surface area contributed by atoms with Crippen LogP contribution in [0.15, 0.2) is 36.0 Å². The first-order valence-corrected chi connectivity index (χ1v) is 7.95. The van der Waals surface area contributed by atoms with Gasteiger partial charge in [-0.25, -0.2) is 9.50 Å². The van der Waals surface area contributed by atoms with E-state index in [1.807, 2.05) is 30.5 Å². The Bertz CT molecular complexity index is 774. The van der Waals surface area contributed by atoms with Crippen molar-refractivity contribution in [1.82, 2.24) is 19.9 Å². The minimum Gasteiger partial charge on any atom is -0.367 e. The monoisotopic (exact) mass is 314 g/mol. The van der Waals surface area contributed by atoms with Crippen LogP contribution in [0.4, 0.5) is 0 Å². The average Bonchev–Trinajstić information content (AvgIpc) is 3.17. The van der Waals surface area contributed by atoms with Crippen LogP contribution in [-0.4, -0.2) is 46.2 Å². The first-order chi connectivity index (χ1) is 10.8. The fraction of sp³-hybridized carbons (Fsp3) is 0.267. The molecule has 1 aliphatic rings. The van der Waals surface area contributed by atoms with Gasteiger partial charge in [0.25, 0.3) is 0 Å². The minimum absolute atomic E-state index is 0.0197. The molecule has 3 heterocycles. The molecule has 0 bridgehead atoms. The Morgan fingerprint density at radius 1 is 1.36 bits per heavy atom. The van der Waals surface area contributed by atoms with Crippen molar-refractivity contribution >= 4 is 22.1 Å². The molecule has 7 heteroatoms. The largest absolute Gasteiger partial charge is 0.367 e. The second kappa shape index (κ2) is 5.60. The molecule has 2 aromatic heterocycles. The number of nitrogens with zero attached hydrogens (tertiary/aromatic N) is 3. The van der Waals surface area contributed by atoms with Crippen molar-refractivity contribution in [2.24, 2.45) is 0 Å². The Hall–Kier alpha value is -2.09. The number of ether oxygens (including phenoxy) is 1. The van der Waals surface area contributed by atoms with Gasteiger partial charge in [0.2, 0.25) is 4.96 Å². The maximum absolute atomic E-state index is 12.4. The van der Waals surface area contributed by atoms with Crippen LogP contribution in [0.3, 0.4) is 0 Å². The van der Waals surface area contributed by atoms with Gasteiger partial charge in [-0.15, -0.1) is 0 Å². The van der Waals surface area contributed by atoms with E-state index in [1.165, 1.54) is 11.3 Å². The Morgan fingerprint density at radius 2 is 2.23 bits per heavy atom. The van der Waals surface area contributed by atoms with Crippen LogP contribution in [0.5, 0.6) is 0 Å². The predicted octanol–water partition coefficient (Wildman–Crippen LogP) is 1.63. The van der Waals surface area contributed by atoms with Crippen molar-refractivity contribution < 1.29 is 9.53 Å². The predicted molar refractivity (Wildman–Crippen MR) is 83.2 cm³/mol. The summed E-state index contributed by atoms with van der Waals surface area (Å²) in [4.78, 5) is 17.7. The molecule has 0 spiro atoms. The number of morpholine rings is 1. The number of hydrogen-bond acceptors (Lipinski definition) is 6. The molecule has 1 atom stereocenters. The van der Waals surface area contributed by atoms with Gasteiger partial charge >= 0.3 is 0 Å². The quantitative estimate of drug-likeness (QED) is 0.744. The van der Waals surface area contributed by atoms with Crippen molar-refractivity contribution in [3.63, 3.8) is 0 Å². The van der Waals surface area contributed by atoms with Crippen molar-refractivity contribution in [3.05, 3.63) is 41.5 Å². The number of hydrogen-bond donors (Lipinski definition) is 1. The molecule has 1 saturated heterocycles. The number of fused-ring (bicyclic) bond motifs is 1. The maximum atomic E-state index is 12.4. The molecule has 22 heavy (non-hydrogen) atoms. The maximum Gasteiger partial charge on any atom is 0.212 e. The van der Waals surface area contributed by atoms with Gasteiger partial charge in [0.15, 0.2) is 5.78 Å². The van der Waals surface area contributed by atoms with Gasteiger partial charge in [0.1, 0.15) is 11.6 Å². The molecule has 112 valence electrons. The highest BCUT2D eigenvalue weighted by Gasteiger charge is 2.23. The zero-order chi connectivity index (χ0) is 14.9. The van der Waals surface area contributed by atoms with E-state index in [2.05, 4.69) is 15.4 Å². The zero-order valence-electron chi connectivity index (χ0n) is 11.7. The lowest BCUT2D eigenvalue weighted by Crippen LogP contribution is -2.43. The molecule has 1 aromatic carbocycles. The number of nitrogens with one attached hydrogen (secondary N) is 1. The van der Waals surface area contributed by atoms with E-state index in [0.29, 0.717) is 18.7 Å². The van der Waals surface area contributed by atoms with Gasteiger partial charge in [-0.3, -0.25) is 4.79 Å². The fourth-order valence-electron chi connectivity index (χ4n) is 2.50. The number of ketones is 1. The van der Waals surface area contributed by atoms with Crippen LogP contribution in [0.25, 0.3) is 16.2 Å². The summed E-state index contributed by atoms with van der Waals surface area (Å²) >= 11 is 1.49. The van der Waals surface area contributed by atoms with E-state index < -0.39 is 0 Å². The van der Waals surface area contributed by atoms with E-state index in [0.717, 1.165) is 22.8 Å². The first-order valence-electron chi connectivity index (χ1n) is 7.07. The first kappa shape index (κ1) is 13.6. The van der Waals surface area contributed by atoms with E-state index in [1.54, 1.807) is 10.0 Å². The van der Waals surface area contributed by atoms with Gasteiger partial charge < -0.3 is 10.1 Å². The van der Waals surface area contributed by atoms with Crippen LogP contribution < -0.4 is 5.32 Å². The van der Waals surface area contributed by atoms with E-state index in [9.17, 15) is 4.79 Å². The highest BCUT2D eigenvalue weighted by Crippen LogP contribution is 2.21. The van der Waals surface area contributed by atoms with Gasteiger partial charge in [-0.2, -0.15) is 5.10 Å². The lowest BCUT2D eigenvalue weighted by molar-refractivity contribution is 0.0269. The SMILES string of the molecule is O=C(c1ccc(-c2cn3ncsc3n2)cc1)C1CNCCO1. The summed E-state index contributed by atoms with van der Waals surface area (Å²) in [5.41, 5.74) is 4.24. The van der Waals surface area contributed by atoms with E-state index in [-0.39, 0.29) is 11.9 Å². The summed E-state index contributed by atoms with van der Waals surface area (Å²) in [7, 11) is 0. The number of carbonyl (C=O) groups is 1. The Kier molecular flexibility index (Phi) is 3.45. The zero-order valence-corrected chi connectivity index (χ0v) is 12.5. The molecule has 3 aromatic rings. The Balaban J connectivity index is 1.57. The summed E-state index contributed by atoms with van der Waals surface area (Å²) in [6.45, 7) is 1.95. The Labute approximate surface area is 130 Å². The summed E-state index contributed by atoms with van der Waals surface area (Å²) in [5, 5.41) is 7.34. The molecule has 0 radical (unpaired) electrons. The summed E-state index contributed by atoms with van der Waals surface area (Å²) in [5.74, 6) is 0.0197. The Morgan fingerprint density at radius 3 is 2.95 bits per heavy atom. The lowest BCUT2D eigenvalue weighted by Gasteiger charge is -2.22. The molecule has 6 nitrogen and oxygen atoms in total. The highest BCUT2D eigenvalue weighted by molar-refractivity contribution is 7.14. The summed E-state index contributed by atoms with van der Waals surface area (Å²) in [6.07, 6.45) is 1.50. The number of imidazole rings is 1. The van der Waals surface area contributed by atoms with Crippen molar-refractivity contribution in [2.45, 2.75) is 6.10 Å². The third kappa shape index (κ3) is 2.43. The average molecular weight is 314 g/mol. The number of carbonyl (C=O) groups excluding carboxylic acids is 1. The second-order valence-corrected chi connectivity index (χ2v) is 5.91. The van der Waals surface area contributed by atoms with Crippen LogP contribution >= 0.6 is 11.3 Å². The second-order valence-electron chi connectivity index (χ2n) is 5.10. The molecule has 0 amide bonds. The van der Waals surface area contributed by atoms with Crippen molar-refractivity contribution in [1.29, 1.82) is 0 Å². The van der Waals surface area contributed by atoms with Crippen LogP contribution in [-0.2, 0) is 4.74 Å². The van der Waals surface area contributed by atoms with Crippen molar-refractivity contribution in [2.75, 3.05) is 19.7 Å². The summed E-state index contributed by atoms with van der Waals surface area (Å²) in [6, 6.07) is 7.48. The molecule has 0 saturated carbocycles. The molecule has 4 rings (SSSR count). The van der Waals surface area contributed by atoms with Gasteiger partial charge in [-0.1, -0.05) is 35.6 Å². The number of Topliss-reactive ketones (excluding diaryl/α,β-unsaturated/α-hetero) is 1. The molecular formula is C15H14N4O2S. The van der Waals surface area contributed by atoms with Gasteiger partial charge in [0, 0.05) is 24.2 Å². The third-order valence-electron chi connectivity index (χ3n) is 3.67. The number of benzene rings is 1. The molecule has 1 fully saturated rings. The standard InChI is InChI=1S/C15H14N4O2S/c20-14(13-7-16-5-6-21-13)11-3-1-10(2-4-11)12-8-19-15(18-12)22-9-17-19/h1-4,8-9,13,16H,5-7H2. The molecule has 1 N–H and O–H groups in total. The van der Waals surface area contributed by atoms with Crippen LogP contribution in [0.1, 0.15) is 10.4 Å². The van der Waals surface area contributed by atoms with Crippen molar-refractivity contribution in [3.8, 4) is 11.3 Å². The highest BCUT2D eigenvalue weighted by atomic mass is 32.1. The number of aromatic nitrogens is 3. The third-order valence-corrected chi connectivity index (χ3v) is 4.36. The normalized spacial score (nSPS) is 18.6. The topological polar surface area (TPSA) is 68.5 Å². The fourth-order valence-corrected chi connectivity index (χ4v) is 3.10. The van der Waals surface area contributed by atoms with Gasteiger partial charge in [0.05, 0.1) is 18.5 Å². The number of rotatable bonds is 3.